The number of carbonyl (C=O) groups is 1. The van der Waals surface area contributed by atoms with Crippen molar-refractivity contribution in [1.82, 2.24) is 4.90 Å². The van der Waals surface area contributed by atoms with E-state index >= 15 is 0 Å². The number of rotatable bonds is 6. The Labute approximate surface area is 171 Å². The molecule has 1 aliphatic heterocycles. The zero-order chi connectivity index (χ0) is 20.2. The molecule has 29 heavy (non-hydrogen) atoms. The predicted octanol–water partition coefficient (Wildman–Crippen LogP) is 4.85. The smallest absolute Gasteiger partial charge is 0.226 e. The molecule has 1 fully saturated rings. The Kier molecular flexibility index (Phi) is 5.93. The van der Waals surface area contributed by atoms with Crippen molar-refractivity contribution in [2.24, 2.45) is 11.1 Å². The average molecular weight is 394 g/mol. The third-order valence-corrected chi connectivity index (χ3v) is 5.95. The quantitative estimate of drug-likeness (QED) is 0.703. The van der Waals surface area contributed by atoms with Crippen LogP contribution in [-0.2, 0) is 16.2 Å². The molecule has 1 atom stereocenters. The summed E-state index contributed by atoms with van der Waals surface area (Å²) in [5.74, 6) is -0.125. The van der Waals surface area contributed by atoms with Crippen LogP contribution in [0.25, 0.3) is 0 Å². The number of halogens is 1. The first-order valence-corrected chi connectivity index (χ1v) is 10.4. The van der Waals surface area contributed by atoms with Crippen molar-refractivity contribution in [3.63, 3.8) is 0 Å². The number of benzene rings is 2. The molecule has 0 saturated heterocycles. The maximum Gasteiger partial charge on any atom is 0.226 e. The van der Waals surface area contributed by atoms with E-state index in [1.807, 2.05) is 24.3 Å². The standard InChI is InChI=1S/C24H27FN2O2/c1-17-8-2-6-12-21(17)23-14-20(29-26-23)16-27(24(28)18-9-3-4-10-18)15-19-11-5-7-13-22(19)25/h2,5-8,11-13,18,20H,3-4,9-10,14-16H2,1H3/t20-/m1/s1. The van der Waals surface area contributed by atoms with Crippen molar-refractivity contribution in [2.45, 2.75) is 51.7 Å². The van der Waals surface area contributed by atoms with Gasteiger partial charge in [0.15, 0.2) is 6.10 Å². The van der Waals surface area contributed by atoms with Gasteiger partial charge in [-0.1, -0.05) is 60.5 Å². The summed E-state index contributed by atoms with van der Waals surface area (Å²) in [7, 11) is 0. The highest BCUT2D eigenvalue weighted by Gasteiger charge is 2.32. The molecule has 152 valence electrons. The molecular formula is C24H27FN2O2. The second kappa shape index (κ2) is 8.76. The van der Waals surface area contributed by atoms with E-state index in [0.717, 1.165) is 42.5 Å². The number of amides is 1. The number of hydrogen-bond donors (Lipinski definition) is 0. The Balaban J connectivity index is 1.48. The van der Waals surface area contributed by atoms with Gasteiger partial charge in [0.05, 0.1) is 12.3 Å². The van der Waals surface area contributed by atoms with E-state index in [4.69, 9.17) is 4.84 Å². The zero-order valence-electron chi connectivity index (χ0n) is 16.8. The molecule has 4 rings (SSSR count). The summed E-state index contributed by atoms with van der Waals surface area (Å²) in [5, 5.41) is 4.29. The predicted molar refractivity (Wildman–Crippen MR) is 111 cm³/mol. The van der Waals surface area contributed by atoms with E-state index in [9.17, 15) is 9.18 Å². The lowest BCUT2D eigenvalue weighted by Crippen LogP contribution is -2.40. The van der Waals surface area contributed by atoms with Gasteiger partial charge in [-0.25, -0.2) is 4.39 Å². The lowest BCUT2D eigenvalue weighted by molar-refractivity contribution is -0.137. The van der Waals surface area contributed by atoms with Gasteiger partial charge >= 0.3 is 0 Å². The molecule has 0 unspecified atom stereocenters. The van der Waals surface area contributed by atoms with Crippen molar-refractivity contribution >= 4 is 11.6 Å². The third kappa shape index (κ3) is 4.50. The van der Waals surface area contributed by atoms with Crippen LogP contribution in [0.5, 0.6) is 0 Å². The molecule has 0 bridgehead atoms. The summed E-state index contributed by atoms with van der Waals surface area (Å²) >= 11 is 0. The Morgan fingerprint density at radius 2 is 1.86 bits per heavy atom. The van der Waals surface area contributed by atoms with E-state index in [1.165, 1.54) is 6.07 Å². The molecule has 5 heteroatoms. The normalized spacial score (nSPS) is 19.1. The highest BCUT2D eigenvalue weighted by Crippen LogP contribution is 2.28. The fourth-order valence-corrected chi connectivity index (χ4v) is 4.32. The fraction of sp³-hybridized carbons (Fsp3) is 0.417. The maximum absolute atomic E-state index is 14.2. The van der Waals surface area contributed by atoms with Gasteiger partial charge in [-0.15, -0.1) is 0 Å². The topological polar surface area (TPSA) is 41.9 Å². The van der Waals surface area contributed by atoms with Crippen molar-refractivity contribution in [3.05, 3.63) is 71.0 Å². The first-order chi connectivity index (χ1) is 14.1. The Morgan fingerprint density at radius 1 is 1.14 bits per heavy atom. The van der Waals surface area contributed by atoms with Crippen LogP contribution in [0.1, 0.15) is 48.8 Å². The van der Waals surface area contributed by atoms with Crippen molar-refractivity contribution in [1.29, 1.82) is 0 Å². The first kappa shape index (κ1) is 19.6. The molecule has 0 spiro atoms. The van der Waals surface area contributed by atoms with Gasteiger partial charge in [-0.2, -0.15) is 0 Å². The first-order valence-electron chi connectivity index (χ1n) is 10.4. The number of aryl methyl sites for hydroxylation is 1. The molecule has 2 aromatic rings. The molecule has 2 aliphatic rings. The molecule has 2 aromatic carbocycles. The molecule has 1 aliphatic carbocycles. The third-order valence-electron chi connectivity index (χ3n) is 5.95. The van der Waals surface area contributed by atoms with Crippen LogP contribution in [0.15, 0.2) is 53.7 Å². The molecule has 4 nitrogen and oxygen atoms in total. The molecular weight excluding hydrogens is 367 g/mol. The highest BCUT2D eigenvalue weighted by molar-refractivity contribution is 6.02. The van der Waals surface area contributed by atoms with Crippen molar-refractivity contribution in [2.75, 3.05) is 6.54 Å². The number of hydrogen-bond acceptors (Lipinski definition) is 3. The minimum atomic E-state index is -0.277. The molecule has 0 radical (unpaired) electrons. The minimum absolute atomic E-state index is 0.0416. The lowest BCUT2D eigenvalue weighted by Gasteiger charge is -2.27. The Morgan fingerprint density at radius 3 is 2.62 bits per heavy atom. The molecule has 0 N–H and O–H groups in total. The SMILES string of the molecule is Cc1ccccc1C1=NO[C@@H](CN(Cc2ccccc2F)C(=O)C2CCCC2)C1. The van der Waals surface area contributed by atoms with Crippen LogP contribution in [0.2, 0.25) is 0 Å². The van der Waals surface area contributed by atoms with E-state index in [2.05, 4.69) is 18.1 Å². The number of nitrogens with zero attached hydrogens (tertiary/aromatic N) is 2. The summed E-state index contributed by atoms with van der Waals surface area (Å²) in [6.07, 6.45) is 4.46. The van der Waals surface area contributed by atoms with Gasteiger partial charge in [-0.3, -0.25) is 4.79 Å². The summed E-state index contributed by atoms with van der Waals surface area (Å²) < 4.78 is 14.2. The van der Waals surface area contributed by atoms with Gasteiger partial charge in [0.25, 0.3) is 0 Å². The monoisotopic (exact) mass is 394 g/mol. The van der Waals surface area contributed by atoms with Crippen LogP contribution in [0.4, 0.5) is 4.39 Å². The van der Waals surface area contributed by atoms with Crippen LogP contribution in [0, 0.1) is 18.7 Å². The second-order valence-corrected chi connectivity index (χ2v) is 8.08. The molecule has 1 amide bonds. The zero-order valence-corrected chi connectivity index (χ0v) is 16.8. The maximum atomic E-state index is 14.2. The molecule has 1 saturated carbocycles. The van der Waals surface area contributed by atoms with Crippen molar-refractivity contribution < 1.29 is 14.0 Å². The van der Waals surface area contributed by atoms with Gasteiger partial charge in [0.2, 0.25) is 5.91 Å². The van der Waals surface area contributed by atoms with Gasteiger partial charge in [0.1, 0.15) is 5.82 Å². The second-order valence-electron chi connectivity index (χ2n) is 8.08. The van der Waals surface area contributed by atoms with Crippen molar-refractivity contribution in [3.8, 4) is 0 Å². The average Bonchev–Trinajstić information content (AvgIpc) is 3.41. The summed E-state index contributed by atoms with van der Waals surface area (Å²) in [4.78, 5) is 20.6. The molecule has 1 heterocycles. The van der Waals surface area contributed by atoms with E-state index in [-0.39, 0.29) is 30.3 Å². The number of carbonyl (C=O) groups excluding carboxylic acids is 1. The lowest BCUT2D eigenvalue weighted by atomic mass is 9.99. The van der Waals surface area contributed by atoms with Crippen LogP contribution in [-0.4, -0.2) is 29.2 Å². The van der Waals surface area contributed by atoms with Gasteiger partial charge < -0.3 is 9.74 Å². The number of oxime groups is 1. The summed E-state index contributed by atoms with van der Waals surface area (Å²) in [5.41, 5.74) is 3.68. The van der Waals surface area contributed by atoms with Gasteiger partial charge in [-0.05, 0) is 31.4 Å². The minimum Gasteiger partial charge on any atom is -0.390 e. The van der Waals surface area contributed by atoms with Crippen LogP contribution in [0.3, 0.4) is 0 Å². The van der Waals surface area contributed by atoms with E-state index in [0.29, 0.717) is 18.5 Å². The fourth-order valence-electron chi connectivity index (χ4n) is 4.32. The summed E-state index contributed by atoms with van der Waals surface area (Å²) in [6.45, 7) is 2.74. The summed E-state index contributed by atoms with van der Waals surface area (Å²) in [6, 6.07) is 14.8. The van der Waals surface area contributed by atoms with Crippen LogP contribution >= 0.6 is 0 Å². The van der Waals surface area contributed by atoms with E-state index in [1.54, 1.807) is 17.0 Å². The van der Waals surface area contributed by atoms with Gasteiger partial charge in [0, 0.05) is 30.0 Å². The van der Waals surface area contributed by atoms with E-state index < -0.39 is 0 Å². The Bertz CT molecular complexity index is 905. The highest BCUT2D eigenvalue weighted by atomic mass is 19.1. The largest absolute Gasteiger partial charge is 0.390 e. The Hall–Kier alpha value is -2.69. The molecule has 0 aromatic heterocycles. The van der Waals surface area contributed by atoms with Crippen LogP contribution < -0.4 is 0 Å².